The summed E-state index contributed by atoms with van der Waals surface area (Å²) in [6.07, 6.45) is -4.55. The molecule has 0 saturated carbocycles. The maximum Gasteiger partial charge on any atom is 0.417 e. The molecule has 138 valence electrons. The highest BCUT2D eigenvalue weighted by Crippen LogP contribution is 2.36. The van der Waals surface area contributed by atoms with Gasteiger partial charge in [0.1, 0.15) is 6.04 Å². The van der Waals surface area contributed by atoms with Crippen molar-refractivity contribution in [1.29, 1.82) is 0 Å². The maximum absolute atomic E-state index is 12.9. The van der Waals surface area contributed by atoms with Crippen molar-refractivity contribution in [3.63, 3.8) is 0 Å². The molecule has 0 spiro atoms. The van der Waals surface area contributed by atoms with Gasteiger partial charge in [0, 0.05) is 23.2 Å². The van der Waals surface area contributed by atoms with Crippen molar-refractivity contribution in [3.8, 4) is 0 Å². The van der Waals surface area contributed by atoms with Gasteiger partial charge in [-0.15, -0.1) is 0 Å². The third-order valence-electron chi connectivity index (χ3n) is 3.57. The molecule has 0 bridgehead atoms. The largest absolute Gasteiger partial charge is 0.417 e. The van der Waals surface area contributed by atoms with Gasteiger partial charge in [0.05, 0.1) is 18.8 Å². The molecule has 1 fully saturated rings. The van der Waals surface area contributed by atoms with Gasteiger partial charge in [-0.25, -0.2) is 4.79 Å². The molecule has 1 unspecified atom stereocenters. The molecule has 1 atom stereocenters. The molecule has 10 heteroatoms. The van der Waals surface area contributed by atoms with E-state index in [1.807, 2.05) is 0 Å². The highest BCUT2D eigenvalue weighted by Gasteiger charge is 2.33. The lowest BCUT2D eigenvalue weighted by Crippen LogP contribution is -2.51. The van der Waals surface area contributed by atoms with Gasteiger partial charge in [0.2, 0.25) is 5.91 Å². The van der Waals surface area contributed by atoms with Crippen LogP contribution in [-0.4, -0.2) is 49.2 Å². The molecule has 6 nitrogen and oxygen atoms in total. The lowest BCUT2D eigenvalue weighted by molar-refractivity contribution is -0.138. The molecule has 3 amide bonds. The van der Waals surface area contributed by atoms with Crippen molar-refractivity contribution in [2.75, 3.05) is 31.6 Å². The van der Waals surface area contributed by atoms with Gasteiger partial charge in [0.25, 0.3) is 0 Å². The molecule has 0 aromatic heterocycles. The van der Waals surface area contributed by atoms with E-state index in [0.717, 1.165) is 6.07 Å². The van der Waals surface area contributed by atoms with E-state index in [0.29, 0.717) is 26.3 Å². The smallest absolute Gasteiger partial charge is 0.378 e. The number of alkyl halides is 3. The van der Waals surface area contributed by atoms with Gasteiger partial charge in [-0.2, -0.15) is 13.2 Å². The van der Waals surface area contributed by atoms with Crippen LogP contribution >= 0.6 is 15.9 Å². The average Bonchev–Trinajstić information content (AvgIpc) is 2.55. The standard InChI is InChI=1S/C15H17BrF3N3O3/c1-9(13(23)22-4-6-25-7-5-22)20-14(24)21-10-2-3-12(16)11(8-10)15(17,18)19/h2-3,8-9H,4-7H2,1H3,(H2,20,21,24). The number of benzene rings is 1. The Kier molecular flexibility index (Phi) is 6.28. The summed E-state index contributed by atoms with van der Waals surface area (Å²) in [5.41, 5.74) is -0.929. The van der Waals surface area contributed by atoms with Crippen LogP contribution in [0, 0.1) is 0 Å². The highest BCUT2D eigenvalue weighted by atomic mass is 79.9. The van der Waals surface area contributed by atoms with E-state index in [4.69, 9.17) is 4.74 Å². The Labute approximate surface area is 150 Å². The topological polar surface area (TPSA) is 70.7 Å². The van der Waals surface area contributed by atoms with Gasteiger partial charge in [-0.1, -0.05) is 15.9 Å². The molecule has 2 rings (SSSR count). The number of halogens is 4. The summed E-state index contributed by atoms with van der Waals surface area (Å²) in [5, 5.41) is 4.73. The Morgan fingerprint density at radius 3 is 2.52 bits per heavy atom. The first-order chi connectivity index (χ1) is 11.7. The van der Waals surface area contributed by atoms with Gasteiger partial charge in [-0.05, 0) is 25.1 Å². The van der Waals surface area contributed by atoms with Gasteiger partial charge >= 0.3 is 12.2 Å². The summed E-state index contributed by atoms with van der Waals surface area (Å²) in [5.74, 6) is -0.273. The number of morpholine rings is 1. The van der Waals surface area contributed by atoms with Crippen molar-refractivity contribution >= 4 is 33.6 Å². The Balaban J connectivity index is 1.96. The zero-order valence-electron chi connectivity index (χ0n) is 13.3. The molecule has 0 radical (unpaired) electrons. The van der Waals surface area contributed by atoms with E-state index < -0.39 is 23.8 Å². The molecule has 1 aromatic rings. The zero-order chi connectivity index (χ0) is 18.6. The summed E-state index contributed by atoms with van der Waals surface area (Å²) in [6.45, 7) is 3.26. The molecular weight excluding hydrogens is 407 g/mol. The van der Waals surface area contributed by atoms with Gasteiger partial charge < -0.3 is 20.3 Å². The van der Waals surface area contributed by atoms with E-state index in [1.165, 1.54) is 19.1 Å². The maximum atomic E-state index is 12.9. The normalized spacial score (nSPS) is 16.3. The number of nitrogens with one attached hydrogen (secondary N) is 2. The number of hydrogen-bond donors (Lipinski definition) is 2. The molecule has 0 aliphatic carbocycles. The van der Waals surface area contributed by atoms with Gasteiger partial charge in [0.15, 0.2) is 0 Å². The predicted octanol–water partition coefficient (Wildman–Crippen LogP) is 2.84. The molecule has 1 aliphatic rings. The zero-order valence-corrected chi connectivity index (χ0v) is 14.9. The number of carbonyl (C=O) groups excluding carboxylic acids is 2. The van der Waals surface area contributed by atoms with E-state index in [1.54, 1.807) is 4.90 Å². The SMILES string of the molecule is CC(NC(=O)Nc1ccc(Br)c(C(F)(F)F)c1)C(=O)N1CCOCC1. The molecule has 1 heterocycles. The van der Waals surface area contributed by atoms with Crippen LogP contribution in [0.25, 0.3) is 0 Å². The summed E-state index contributed by atoms with van der Waals surface area (Å²) in [6, 6.07) is 1.77. The fourth-order valence-electron chi connectivity index (χ4n) is 2.30. The molecule has 2 N–H and O–H groups in total. The second-order valence-electron chi connectivity index (χ2n) is 5.45. The predicted molar refractivity (Wildman–Crippen MR) is 88.2 cm³/mol. The first kappa shape index (κ1) is 19.5. The van der Waals surface area contributed by atoms with Crippen LogP contribution in [0.4, 0.5) is 23.7 Å². The highest BCUT2D eigenvalue weighted by molar-refractivity contribution is 9.10. The summed E-state index contributed by atoms with van der Waals surface area (Å²) in [7, 11) is 0. The molecule has 1 aromatic carbocycles. The van der Waals surface area contributed by atoms with Crippen molar-refractivity contribution < 1.29 is 27.5 Å². The van der Waals surface area contributed by atoms with Crippen LogP contribution in [0.5, 0.6) is 0 Å². The third kappa shape index (κ3) is 5.33. The Hall–Kier alpha value is -1.81. The monoisotopic (exact) mass is 423 g/mol. The number of carbonyl (C=O) groups is 2. The summed E-state index contributed by atoms with van der Waals surface area (Å²) >= 11 is 2.83. The van der Waals surface area contributed by atoms with Crippen LogP contribution in [0.1, 0.15) is 12.5 Å². The number of amides is 3. The minimum Gasteiger partial charge on any atom is -0.378 e. The number of urea groups is 1. The van der Waals surface area contributed by atoms with Crippen LogP contribution in [-0.2, 0) is 15.7 Å². The number of ether oxygens (including phenoxy) is 1. The minimum atomic E-state index is -4.55. The van der Waals surface area contributed by atoms with Crippen molar-refractivity contribution in [1.82, 2.24) is 10.2 Å². The van der Waals surface area contributed by atoms with Crippen molar-refractivity contribution in [3.05, 3.63) is 28.2 Å². The fraction of sp³-hybridized carbons (Fsp3) is 0.467. The van der Waals surface area contributed by atoms with Crippen LogP contribution in [0.3, 0.4) is 0 Å². The van der Waals surface area contributed by atoms with Crippen molar-refractivity contribution in [2.24, 2.45) is 0 Å². The van der Waals surface area contributed by atoms with Crippen molar-refractivity contribution in [2.45, 2.75) is 19.1 Å². The Morgan fingerprint density at radius 2 is 1.92 bits per heavy atom. The molecule has 25 heavy (non-hydrogen) atoms. The van der Waals surface area contributed by atoms with E-state index in [-0.39, 0.29) is 16.1 Å². The second kappa shape index (κ2) is 8.05. The van der Waals surface area contributed by atoms with Crippen LogP contribution in [0.15, 0.2) is 22.7 Å². The lowest BCUT2D eigenvalue weighted by atomic mass is 10.2. The molecule has 1 aliphatic heterocycles. The van der Waals surface area contributed by atoms with E-state index in [2.05, 4.69) is 26.6 Å². The number of rotatable bonds is 3. The van der Waals surface area contributed by atoms with Crippen LogP contribution in [0.2, 0.25) is 0 Å². The van der Waals surface area contributed by atoms with E-state index >= 15 is 0 Å². The summed E-state index contributed by atoms with van der Waals surface area (Å²) in [4.78, 5) is 25.7. The van der Waals surface area contributed by atoms with E-state index in [9.17, 15) is 22.8 Å². The minimum absolute atomic E-state index is 0.0287. The quantitative estimate of drug-likeness (QED) is 0.784. The Bertz CT molecular complexity index is 649. The molecular formula is C15H17BrF3N3O3. The van der Waals surface area contributed by atoms with Gasteiger partial charge in [-0.3, -0.25) is 4.79 Å². The number of nitrogens with zero attached hydrogens (tertiary/aromatic N) is 1. The lowest BCUT2D eigenvalue weighted by Gasteiger charge is -2.29. The Morgan fingerprint density at radius 1 is 1.28 bits per heavy atom. The first-order valence-corrected chi connectivity index (χ1v) is 8.28. The number of anilines is 1. The third-order valence-corrected chi connectivity index (χ3v) is 4.26. The summed E-state index contributed by atoms with van der Waals surface area (Å²) < 4.78 is 43.6. The fourth-order valence-corrected chi connectivity index (χ4v) is 2.77. The van der Waals surface area contributed by atoms with Crippen LogP contribution < -0.4 is 10.6 Å². The second-order valence-corrected chi connectivity index (χ2v) is 6.30. The average molecular weight is 424 g/mol. The number of hydrogen-bond acceptors (Lipinski definition) is 3. The molecule has 1 saturated heterocycles. The first-order valence-electron chi connectivity index (χ1n) is 7.49.